The fraction of sp³-hybridized carbons (Fsp3) is 0.312. The molecule has 0 spiro atoms. The van der Waals surface area contributed by atoms with Crippen LogP contribution in [0, 0.1) is 0 Å². The predicted octanol–water partition coefficient (Wildman–Crippen LogP) is 3.27. The number of nitrogens with one attached hydrogen (secondary N) is 2. The third-order valence-electron chi connectivity index (χ3n) is 3.11. The van der Waals surface area contributed by atoms with Crippen LogP contribution in [0.4, 0.5) is 5.00 Å². The number of thioether (sulfide) groups is 1. The zero-order valence-corrected chi connectivity index (χ0v) is 15.3. The van der Waals surface area contributed by atoms with Gasteiger partial charge in [-0.3, -0.25) is 9.59 Å². The quantitative estimate of drug-likeness (QED) is 0.736. The van der Waals surface area contributed by atoms with Gasteiger partial charge in [0, 0.05) is 12.1 Å². The molecule has 0 aliphatic rings. The molecule has 0 fully saturated rings. The zero-order valence-electron chi connectivity index (χ0n) is 13.7. The van der Waals surface area contributed by atoms with E-state index >= 15 is 0 Å². The number of hydrogen-bond acceptors (Lipinski definition) is 6. The predicted molar refractivity (Wildman–Crippen MR) is 97.5 cm³/mol. The minimum absolute atomic E-state index is 0.250. The first kappa shape index (κ1) is 18.3. The lowest BCUT2D eigenvalue weighted by Crippen LogP contribution is -2.25. The maximum atomic E-state index is 12.4. The van der Waals surface area contributed by atoms with Crippen molar-refractivity contribution in [2.24, 2.45) is 0 Å². The Morgan fingerprint density at radius 1 is 1.25 bits per heavy atom. The topological polar surface area (TPSA) is 80.3 Å². The van der Waals surface area contributed by atoms with Gasteiger partial charge >= 0.3 is 0 Å². The Bertz CT molecular complexity index is 714. The monoisotopic (exact) mass is 365 g/mol. The molecule has 0 aliphatic heterocycles. The summed E-state index contributed by atoms with van der Waals surface area (Å²) in [7, 11) is 1.57. The SMILES string of the molecule is CCCNC(=O)c1nc(SC)sc1NC(=O)c1ccc(OC)cc1. The Morgan fingerprint density at radius 2 is 1.96 bits per heavy atom. The summed E-state index contributed by atoms with van der Waals surface area (Å²) >= 11 is 2.72. The van der Waals surface area contributed by atoms with E-state index in [9.17, 15) is 9.59 Å². The minimum Gasteiger partial charge on any atom is -0.497 e. The van der Waals surface area contributed by atoms with Crippen LogP contribution in [-0.2, 0) is 0 Å². The maximum Gasteiger partial charge on any atom is 0.273 e. The van der Waals surface area contributed by atoms with Crippen molar-refractivity contribution in [1.82, 2.24) is 10.3 Å². The molecular weight excluding hydrogens is 346 g/mol. The molecular formula is C16H19N3O3S2. The average Bonchev–Trinajstić information content (AvgIpc) is 3.02. The molecule has 24 heavy (non-hydrogen) atoms. The molecule has 1 aromatic carbocycles. The summed E-state index contributed by atoms with van der Waals surface area (Å²) < 4.78 is 5.80. The molecule has 2 rings (SSSR count). The van der Waals surface area contributed by atoms with Crippen LogP contribution in [0.15, 0.2) is 28.6 Å². The molecule has 1 heterocycles. The molecule has 8 heteroatoms. The zero-order chi connectivity index (χ0) is 17.5. The van der Waals surface area contributed by atoms with Crippen molar-refractivity contribution in [3.63, 3.8) is 0 Å². The van der Waals surface area contributed by atoms with Crippen LogP contribution in [0.25, 0.3) is 0 Å². The van der Waals surface area contributed by atoms with Crippen LogP contribution in [0.3, 0.4) is 0 Å². The fourth-order valence-electron chi connectivity index (χ4n) is 1.87. The van der Waals surface area contributed by atoms with Gasteiger partial charge in [-0.1, -0.05) is 30.0 Å². The first-order chi connectivity index (χ1) is 11.6. The highest BCUT2D eigenvalue weighted by atomic mass is 32.2. The smallest absolute Gasteiger partial charge is 0.273 e. The van der Waals surface area contributed by atoms with Gasteiger partial charge in [0.2, 0.25) is 0 Å². The lowest BCUT2D eigenvalue weighted by Gasteiger charge is -2.06. The van der Waals surface area contributed by atoms with E-state index in [2.05, 4.69) is 15.6 Å². The summed E-state index contributed by atoms with van der Waals surface area (Å²) in [6, 6.07) is 6.76. The summed E-state index contributed by atoms with van der Waals surface area (Å²) in [4.78, 5) is 28.9. The van der Waals surface area contributed by atoms with Crippen molar-refractivity contribution in [3.8, 4) is 5.75 Å². The molecule has 128 valence electrons. The second kappa shape index (κ2) is 8.70. The molecule has 0 radical (unpaired) electrons. The van der Waals surface area contributed by atoms with Crippen molar-refractivity contribution in [2.45, 2.75) is 17.7 Å². The van der Waals surface area contributed by atoms with Gasteiger partial charge in [-0.25, -0.2) is 4.98 Å². The lowest BCUT2D eigenvalue weighted by molar-refractivity contribution is 0.0950. The Balaban J connectivity index is 2.19. The molecule has 0 saturated heterocycles. The van der Waals surface area contributed by atoms with Crippen LogP contribution < -0.4 is 15.4 Å². The van der Waals surface area contributed by atoms with Crippen LogP contribution in [0.1, 0.15) is 34.2 Å². The van der Waals surface area contributed by atoms with Crippen LogP contribution in [0.2, 0.25) is 0 Å². The van der Waals surface area contributed by atoms with E-state index in [1.54, 1.807) is 31.4 Å². The van der Waals surface area contributed by atoms with E-state index in [0.717, 1.165) is 10.8 Å². The Kier molecular flexibility index (Phi) is 6.62. The Labute approximate surface area is 149 Å². The van der Waals surface area contributed by atoms with Gasteiger partial charge < -0.3 is 15.4 Å². The first-order valence-electron chi connectivity index (χ1n) is 7.37. The molecule has 0 saturated carbocycles. The summed E-state index contributed by atoms with van der Waals surface area (Å²) in [5.74, 6) is 0.102. The molecule has 0 aliphatic carbocycles. The molecule has 2 amide bonds. The molecule has 1 aromatic heterocycles. The summed E-state index contributed by atoms with van der Waals surface area (Å²) in [6.07, 6.45) is 2.71. The van der Waals surface area contributed by atoms with Crippen LogP contribution in [0.5, 0.6) is 5.75 Å². The van der Waals surface area contributed by atoms with Gasteiger partial charge in [0.1, 0.15) is 10.8 Å². The fourth-order valence-corrected chi connectivity index (χ4v) is 3.32. The van der Waals surface area contributed by atoms with Gasteiger partial charge in [-0.2, -0.15) is 0 Å². The Hall–Kier alpha value is -2.06. The van der Waals surface area contributed by atoms with E-state index in [-0.39, 0.29) is 17.5 Å². The normalized spacial score (nSPS) is 10.3. The van der Waals surface area contributed by atoms with E-state index < -0.39 is 0 Å². The van der Waals surface area contributed by atoms with E-state index in [0.29, 0.717) is 22.9 Å². The van der Waals surface area contributed by atoms with Crippen molar-refractivity contribution in [1.29, 1.82) is 0 Å². The van der Waals surface area contributed by atoms with E-state index in [1.807, 2.05) is 13.2 Å². The average molecular weight is 365 g/mol. The molecule has 2 N–H and O–H groups in total. The maximum absolute atomic E-state index is 12.4. The van der Waals surface area contributed by atoms with Crippen molar-refractivity contribution in [2.75, 3.05) is 25.2 Å². The molecule has 6 nitrogen and oxygen atoms in total. The first-order valence-corrected chi connectivity index (χ1v) is 9.41. The van der Waals surface area contributed by atoms with Crippen LogP contribution >= 0.6 is 23.1 Å². The van der Waals surface area contributed by atoms with Crippen LogP contribution in [-0.4, -0.2) is 36.7 Å². The minimum atomic E-state index is -0.293. The highest BCUT2D eigenvalue weighted by Crippen LogP contribution is 2.30. The highest BCUT2D eigenvalue weighted by Gasteiger charge is 2.20. The number of amides is 2. The standard InChI is InChI=1S/C16H19N3O3S2/c1-4-9-17-14(21)12-15(24-16(18-12)23-3)19-13(20)10-5-7-11(22-2)8-6-10/h5-8H,4,9H2,1-3H3,(H,17,21)(H,19,20). The number of carbonyl (C=O) groups excluding carboxylic acids is 2. The third-order valence-corrected chi connectivity index (χ3v) is 5.07. The molecule has 0 bridgehead atoms. The number of anilines is 1. The van der Waals surface area contributed by atoms with Gasteiger partial charge in [0.15, 0.2) is 10.0 Å². The second-order valence-electron chi connectivity index (χ2n) is 4.80. The summed E-state index contributed by atoms with van der Waals surface area (Å²) in [6.45, 7) is 2.54. The van der Waals surface area contributed by atoms with Gasteiger partial charge in [0.05, 0.1) is 7.11 Å². The number of benzene rings is 1. The lowest BCUT2D eigenvalue weighted by atomic mass is 10.2. The highest BCUT2D eigenvalue weighted by molar-refractivity contribution is 8.00. The number of aromatic nitrogens is 1. The number of nitrogens with zero attached hydrogens (tertiary/aromatic N) is 1. The summed E-state index contributed by atoms with van der Waals surface area (Å²) in [5.41, 5.74) is 0.731. The number of thiazole rings is 1. The Morgan fingerprint density at radius 3 is 2.54 bits per heavy atom. The number of carbonyl (C=O) groups is 2. The third kappa shape index (κ3) is 4.48. The van der Waals surface area contributed by atoms with Crippen molar-refractivity contribution >= 4 is 39.9 Å². The number of methoxy groups -OCH3 is 1. The number of ether oxygens (including phenoxy) is 1. The second-order valence-corrected chi connectivity index (χ2v) is 6.85. The largest absolute Gasteiger partial charge is 0.497 e. The molecule has 0 unspecified atom stereocenters. The number of hydrogen-bond donors (Lipinski definition) is 2. The van der Waals surface area contributed by atoms with E-state index in [4.69, 9.17) is 4.74 Å². The van der Waals surface area contributed by atoms with Crippen molar-refractivity contribution < 1.29 is 14.3 Å². The van der Waals surface area contributed by atoms with Crippen molar-refractivity contribution in [3.05, 3.63) is 35.5 Å². The van der Waals surface area contributed by atoms with Gasteiger partial charge in [-0.15, -0.1) is 0 Å². The molecule has 0 atom stereocenters. The van der Waals surface area contributed by atoms with E-state index in [1.165, 1.54) is 23.1 Å². The number of rotatable bonds is 7. The van der Waals surface area contributed by atoms with Gasteiger partial charge in [-0.05, 0) is 36.9 Å². The van der Waals surface area contributed by atoms with Gasteiger partial charge in [0.25, 0.3) is 11.8 Å². The molecule has 2 aromatic rings. The summed E-state index contributed by atoms with van der Waals surface area (Å²) in [5, 5.41) is 6.01.